The Morgan fingerprint density at radius 2 is 1.81 bits per heavy atom. The van der Waals surface area contributed by atoms with Gasteiger partial charge in [0.15, 0.2) is 11.5 Å². The molecule has 0 aliphatic carbocycles. The number of hydrogen-bond donors (Lipinski definition) is 1. The third kappa shape index (κ3) is 3.89. The van der Waals surface area contributed by atoms with Gasteiger partial charge in [-0.3, -0.25) is 0 Å². The van der Waals surface area contributed by atoms with Gasteiger partial charge in [0.1, 0.15) is 12.4 Å². The SMILES string of the molecule is COc1cccc(COc2c(CCN)cccc2OC)c1. The molecule has 2 aromatic carbocycles. The van der Waals surface area contributed by atoms with Crippen LogP contribution < -0.4 is 19.9 Å². The van der Waals surface area contributed by atoms with Gasteiger partial charge in [0.2, 0.25) is 0 Å². The maximum atomic E-state index is 5.96. The summed E-state index contributed by atoms with van der Waals surface area (Å²) in [5.41, 5.74) is 7.75. The molecule has 0 saturated carbocycles. The van der Waals surface area contributed by atoms with Gasteiger partial charge in [-0.05, 0) is 42.3 Å². The zero-order valence-corrected chi connectivity index (χ0v) is 12.5. The lowest BCUT2D eigenvalue weighted by Crippen LogP contribution is -2.06. The second-order valence-electron chi connectivity index (χ2n) is 4.63. The van der Waals surface area contributed by atoms with E-state index in [4.69, 9.17) is 19.9 Å². The predicted octanol–water partition coefficient (Wildman–Crippen LogP) is 2.78. The Hall–Kier alpha value is -2.20. The minimum Gasteiger partial charge on any atom is -0.497 e. The van der Waals surface area contributed by atoms with Gasteiger partial charge < -0.3 is 19.9 Å². The number of nitrogens with two attached hydrogens (primary N) is 1. The van der Waals surface area contributed by atoms with Crippen LogP contribution in [-0.4, -0.2) is 20.8 Å². The lowest BCUT2D eigenvalue weighted by molar-refractivity contribution is 0.281. The van der Waals surface area contributed by atoms with E-state index in [0.29, 0.717) is 13.2 Å². The Labute approximate surface area is 125 Å². The van der Waals surface area contributed by atoms with Gasteiger partial charge in [-0.2, -0.15) is 0 Å². The largest absolute Gasteiger partial charge is 0.497 e. The smallest absolute Gasteiger partial charge is 0.164 e. The van der Waals surface area contributed by atoms with E-state index in [1.165, 1.54) is 0 Å². The highest BCUT2D eigenvalue weighted by Crippen LogP contribution is 2.32. The molecule has 2 N–H and O–H groups in total. The van der Waals surface area contributed by atoms with Crippen molar-refractivity contribution in [2.24, 2.45) is 5.73 Å². The molecular weight excluding hydrogens is 266 g/mol. The molecule has 112 valence electrons. The van der Waals surface area contributed by atoms with E-state index in [1.807, 2.05) is 42.5 Å². The highest BCUT2D eigenvalue weighted by atomic mass is 16.5. The molecule has 4 heteroatoms. The number of hydrogen-bond acceptors (Lipinski definition) is 4. The zero-order valence-electron chi connectivity index (χ0n) is 12.5. The van der Waals surface area contributed by atoms with Crippen molar-refractivity contribution in [3.05, 3.63) is 53.6 Å². The quantitative estimate of drug-likeness (QED) is 0.851. The Morgan fingerprint density at radius 1 is 1.00 bits per heavy atom. The van der Waals surface area contributed by atoms with Crippen LogP contribution in [0.3, 0.4) is 0 Å². The number of benzene rings is 2. The van der Waals surface area contributed by atoms with Gasteiger partial charge in [0.25, 0.3) is 0 Å². The molecule has 21 heavy (non-hydrogen) atoms. The van der Waals surface area contributed by atoms with Crippen LogP contribution in [-0.2, 0) is 13.0 Å². The molecule has 0 amide bonds. The van der Waals surface area contributed by atoms with E-state index in [9.17, 15) is 0 Å². The van der Waals surface area contributed by atoms with Crippen LogP contribution in [0.4, 0.5) is 0 Å². The maximum absolute atomic E-state index is 5.96. The van der Waals surface area contributed by atoms with Crippen LogP contribution in [0.1, 0.15) is 11.1 Å². The second kappa shape index (κ2) is 7.55. The third-order valence-corrected chi connectivity index (χ3v) is 3.21. The highest BCUT2D eigenvalue weighted by molar-refractivity contribution is 5.47. The summed E-state index contributed by atoms with van der Waals surface area (Å²) in [5, 5.41) is 0. The molecule has 0 fully saturated rings. The van der Waals surface area contributed by atoms with E-state index >= 15 is 0 Å². The summed E-state index contributed by atoms with van der Waals surface area (Å²) in [4.78, 5) is 0. The average Bonchev–Trinajstić information content (AvgIpc) is 2.54. The van der Waals surface area contributed by atoms with Crippen molar-refractivity contribution in [3.8, 4) is 17.2 Å². The number of para-hydroxylation sites is 1. The van der Waals surface area contributed by atoms with Gasteiger partial charge in [0.05, 0.1) is 14.2 Å². The molecular formula is C17H21NO3. The van der Waals surface area contributed by atoms with Crippen LogP contribution in [0.5, 0.6) is 17.2 Å². The number of rotatable bonds is 7. The van der Waals surface area contributed by atoms with Gasteiger partial charge in [-0.25, -0.2) is 0 Å². The fourth-order valence-corrected chi connectivity index (χ4v) is 2.16. The molecule has 0 aromatic heterocycles. The molecule has 0 saturated heterocycles. The molecule has 0 bridgehead atoms. The van der Waals surface area contributed by atoms with Crippen molar-refractivity contribution in [2.75, 3.05) is 20.8 Å². The van der Waals surface area contributed by atoms with Gasteiger partial charge in [0, 0.05) is 0 Å². The maximum Gasteiger partial charge on any atom is 0.164 e. The summed E-state index contributed by atoms with van der Waals surface area (Å²) in [6, 6.07) is 13.7. The van der Waals surface area contributed by atoms with Crippen molar-refractivity contribution in [1.29, 1.82) is 0 Å². The Morgan fingerprint density at radius 3 is 2.52 bits per heavy atom. The molecule has 4 nitrogen and oxygen atoms in total. The first-order valence-corrected chi connectivity index (χ1v) is 6.90. The molecule has 0 atom stereocenters. The van der Waals surface area contributed by atoms with Crippen molar-refractivity contribution < 1.29 is 14.2 Å². The summed E-state index contributed by atoms with van der Waals surface area (Å²) < 4.78 is 16.6. The lowest BCUT2D eigenvalue weighted by Gasteiger charge is -2.15. The van der Waals surface area contributed by atoms with Crippen LogP contribution in [0.2, 0.25) is 0 Å². The third-order valence-electron chi connectivity index (χ3n) is 3.21. The van der Waals surface area contributed by atoms with Crippen LogP contribution in [0.25, 0.3) is 0 Å². The summed E-state index contributed by atoms with van der Waals surface area (Å²) in [7, 11) is 3.29. The Bertz CT molecular complexity index is 584. The first kappa shape index (κ1) is 15.2. The summed E-state index contributed by atoms with van der Waals surface area (Å²) in [5.74, 6) is 2.30. The minimum absolute atomic E-state index is 0.454. The molecule has 0 aliphatic rings. The van der Waals surface area contributed by atoms with Gasteiger partial charge in [-0.15, -0.1) is 0 Å². The number of methoxy groups -OCH3 is 2. The van der Waals surface area contributed by atoms with Crippen molar-refractivity contribution in [1.82, 2.24) is 0 Å². The van der Waals surface area contributed by atoms with E-state index in [-0.39, 0.29) is 0 Å². The number of ether oxygens (including phenoxy) is 3. The Balaban J connectivity index is 2.18. The summed E-state index contributed by atoms with van der Waals surface area (Å²) >= 11 is 0. The molecule has 0 heterocycles. The minimum atomic E-state index is 0.454. The van der Waals surface area contributed by atoms with E-state index < -0.39 is 0 Å². The average molecular weight is 287 g/mol. The van der Waals surface area contributed by atoms with E-state index in [1.54, 1.807) is 14.2 Å². The topological polar surface area (TPSA) is 53.7 Å². The normalized spacial score (nSPS) is 10.2. The molecule has 0 unspecified atom stereocenters. The van der Waals surface area contributed by atoms with Crippen LogP contribution >= 0.6 is 0 Å². The molecule has 0 radical (unpaired) electrons. The van der Waals surface area contributed by atoms with Crippen LogP contribution in [0, 0.1) is 0 Å². The first-order chi connectivity index (χ1) is 10.3. The summed E-state index contributed by atoms with van der Waals surface area (Å²) in [6.45, 7) is 1.03. The van der Waals surface area contributed by atoms with Crippen LogP contribution in [0.15, 0.2) is 42.5 Å². The lowest BCUT2D eigenvalue weighted by atomic mass is 10.1. The standard InChI is InChI=1S/C17H21NO3/c1-19-15-7-3-5-13(11-15)12-21-17-14(9-10-18)6-4-8-16(17)20-2/h3-8,11H,9-10,12,18H2,1-2H3. The first-order valence-electron chi connectivity index (χ1n) is 6.90. The second-order valence-corrected chi connectivity index (χ2v) is 4.63. The molecule has 2 aromatic rings. The summed E-state index contributed by atoms with van der Waals surface area (Å²) in [6.07, 6.45) is 0.755. The van der Waals surface area contributed by atoms with Crippen molar-refractivity contribution in [3.63, 3.8) is 0 Å². The fraction of sp³-hybridized carbons (Fsp3) is 0.294. The van der Waals surface area contributed by atoms with Gasteiger partial charge in [-0.1, -0.05) is 24.3 Å². The Kier molecular flexibility index (Phi) is 5.46. The monoisotopic (exact) mass is 287 g/mol. The van der Waals surface area contributed by atoms with Crippen molar-refractivity contribution in [2.45, 2.75) is 13.0 Å². The zero-order chi connectivity index (χ0) is 15.1. The fourth-order valence-electron chi connectivity index (χ4n) is 2.16. The predicted molar refractivity (Wildman–Crippen MR) is 83.1 cm³/mol. The van der Waals surface area contributed by atoms with Gasteiger partial charge >= 0.3 is 0 Å². The molecule has 0 aliphatic heterocycles. The van der Waals surface area contributed by atoms with E-state index in [2.05, 4.69) is 0 Å². The van der Waals surface area contributed by atoms with E-state index in [0.717, 1.165) is 34.8 Å². The molecule has 0 spiro atoms. The van der Waals surface area contributed by atoms with Crippen molar-refractivity contribution >= 4 is 0 Å². The highest BCUT2D eigenvalue weighted by Gasteiger charge is 2.10. The molecule has 2 rings (SSSR count).